The fourth-order valence-corrected chi connectivity index (χ4v) is 2.90. The van der Waals surface area contributed by atoms with Gasteiger partial charge in [-0.3, -0.25) is 9.59 Å². The van der Waals surface area contributed by atoms with Crippen LogP contribution in [-0.2, 0) is 16.0 Å². The van der Waals surface area contributed by atoms with E-state index >= 15 is 0 Å². The first-order chi connectivity index (χ1) is 10.6. The monoisotopic (exact) mass is 305 g/mol. The second kappa shape index (κ2) is 7.82. The molecule has 120 valence electrons. The molecule has 2 rings (SSSR count). The molecule has 5 nitrogen and oxygen atoms in total. The van der Waals surface area contributed by atoms with Gasteiger partial charge in [-0.1, -0.05) is 12.1 Å². The topological polar surface area (TPSA) is 66.8 Å². The Morgan fingerprint density at radius 1 is 1.23 bits per heavy atom. The molecule has 0 aliphatic carbocycles. The zero-order valence-corrected chi connectivity index (χ0v) is 13.0. The molecule has 0 saturated carbocycles. The number of amides is 1. The van der Waals surface area contributed by atoms with Gasteiger partial charge in [0.25, 0.3) is 0 Å². The second-order valence-electron chi connectivity index (χ2n) is 5.80. The number of ether oxygens (including phenoxy) is 1. The van der Waals surface area contributed by atoms with E-state index in [0.29, 0.717) is 13.0 Å². The largest absolute Gasteiger partial charge is 0.497 e. The average Bonchev–Trinajstić information content (AvgIpc) is 2.73. The van der Waals surface area contributed by atoms with Gasteiger partial charge in [-0.2, -0.15) is 0 Å². The summed E-state index contributed by atoms with van der Waals surface area (Å²) < 4.78 is 5.11. The van der Waals surface area contributed by atoms with Crippen molar-refractivity contribution in [1.82, 2.24) is 4.90 Å². The van der Waals surface area contributed by atoms with Gasteiger partial charge in [-0.05, 0) is 42.9 Å². The predicted octanol–water partition coefficient (Wildman–Crippen LogP) is 2.34. The third kappa shape index (κ3) is 4.76. The van der Waals surface area contributed by atoms with Crippen LogP contribution >= 0.6 is 0 Å². The molecule has 1 fully saturated rings. The van der Waals surface area contributed by atoms with Gasteiger partial charge in [-0.25, -0.2) is 0 Å². The minimum atomic E-state index is -0.747. The maximum Gasteiger partial charge on any atom is 0.303 e. The Labute approximate surface area is 130 Å². The molecule has 5 heteroatoms. The molecule has 1 aliphatic rings. The van der Waals surface area contributed by atoms with Crippen LogP contribution in [0.3, 0.4) is 0 Å². The molecule has 1 saturated heterocycles. The highest BCUT2D eigenvalue weighted by Crippen LogP contribution is 2.21. The lowest BCUT2D eigenvalue weighted by atomic mass is 9.97. The molecule has 0 unspecified atom stereocenters. The van der Waals surface area contributed by atoms with Crippen LogP contribution in [-0.4, -0.2) is 42.1 Å². The maximum absolute atomic E-state index is 12.4. The van der Waals surface area contributed by atoms with Crippen molar-refractivity contribution in [2.24, 2.45) is 5.92 Å². The Kier molecular flexibility index (Phi) is 5.81. The number of carboxylic acids is 1. The number of hydrogen-bond acceptors (Lipinski definition) is 3. The molecule has 1 aromatic rings. The summed E-state index contributed by atoms with van der Waals surface area (Å²) in [5, 5.41) is 8.88. The van der Waals surface area contributed by atoms with Crippen molar-refractivity contribution in [3.05, 3.63) is 29.8 Å². The van der Waals surface area contributed by atoms with E-state index in [1.54, 1.807) is 7.11 Å². The van der Waals surface area contributed by atoms with E-state index in [2.05, 4.69) is 0 Å². The van der Waals surface area contributed by atoms with Crippen LogP contribution < -0.4 is 4.74 Å². The zero-order valence-electron chi connectivity index (χ0n) is 13.0. The number of nitrogens with zero attached hydrogens (tertiary/aromatic N) is 1. The summed E-state index contributed by atoms with van der Waals surface area (Å²) in [5.41, 5.74) is 0.970. The van der Waals surface area contributed by atoms with E-state index in [9.17, 15) is 9.59 Å². The molecule has 1 N–H and O–H groups in total. The molecule has 0 radical (unpaired) electrons. The Morgan fingerprint density at radius 2 is 1.95 bits per heavy atom. The fourth-order valence-electron chi connectivity index (χ4n) is 2.90. The van der Waals surface area contributed by atoms with Crippen LogP contribution in [0.2, 0.25) is 0 Å². The highest BCUT2D eigenvalue weighted by molar-refractivity contribution is 5.78. The maximum atomic E-state index is 12.4. The Balaban J connectivity index is 1.87. The van der Waals surface area contributed by atoms with E-state index < -0.39 is 5.97 Å². The summed E-state index contributed by atoms with van der Waals surface area (Å²) in [7, 11) is 1.62. The third-order valence-corrected chi connectivity index (χ3v) is 4.18. The van der Waals surface area contributed by atoms with Gasteiger partial charge in [0, 0.05) is 19.5 Å². The van der Waals surface area contributed by atoms with Gasteiger partial charge in [-0.15, -0.1) is 0 Å². The van der Waals surface area contributed by atoms with Gasteiger partial charge >= 0.3 is 5.97 Å². The standard InChI is InChI=1S/C17H23NO4/c1-22-15-6-4-14(5-7-15)11-16(19)18-9-2-3-13(8-10-18)12-17(20)21/h4-7,13H,2-3,8-12H2,1H3,(H,20,21)/t13-/m1/s1. The predicted molar refractivity (Wildman–Crippen MR) is 82.9 cm³/mol. The normalized spacial score (nSPS) is 18.6. The lowest BCUT2D eigenvalue weighted by molar-refractivity contribution is -0.138. The van der Waals surface area contributed by atoms with Crippen LogP contribution in [0.5, 0.6) is 5.75 Å². The average molecular weight is 305 g/mol. The molecule has 0 spiro atoms. The summed E-state index contributed by atoms with van der Waals surface area (Å²) in [4.78, 5) is 25.0. The minimum absolute atomic E-state index is 0.112. The van der Waals surface area contributed by atoms with E-state index in [-0.39, 0.29) is 18.2 Å². The van der Waals surface area contributed by atoms with Crippen LogP contribution in [0.15, 0.2) is 24.3 Å². The van der Waals surface area contributed by atoms with Crippen LogP contribution in [0, 0.1) is 5.92 Å². The van der Waals surface area contributed by atoms with Gasteiger partial charge < -0.3 is 14.7 Å². The summed E-state index contributed by atoms with van der Waals surface area (Å²) in [5.74, 6) is 0.336. The van der Waals surface area contributed by atoms with Crippen molar-refractivity contribution in [2.45, 2.75) is 32.1 Å². The Hall–Kier alpha value is -2.04. The lowest BCUT2D eigenvalue weighted by Gasteiger charge is -2.20. The van der Waals surface area contributed by atoms with E-state index in [1.807, 2.05) is 29.2 Å². The highest BCUT2D eigenvalue weighted by Gasteiger charge is 2.22. The number of aliphatic carboxylic acids is 1. The number of methoxy groups -OCH3 is 1. The van der Waals surface area contributed by atoms with Crippen molar-refractivity contribution < 1.29 is 19.4 Å². The molecule has 0 bridgehead atoms. The molecule has 1 atom stereocenters. The van der Waals surface area contributed by atoms with Crippen molar-refractivity contribution in [1.29, 1.82) is 0 Å². The molecule has 22 heavy (non-hydrogen) atoms. The minimum Gasteiger partial charge on any atom is -0.497 e. The van der Waals surface area contributed by atoms with Crippen molar-refractivity contribution in [3.63, 3.8) is 0 Å². The number of hydrogen-bond donors (Lipinski definition) is 1. The molecular weight excluding hydrogens is 282 g/mol. The van der Waals surface area contributed by atoms with Crippen molar-refractivity contribution in [2.75, 3.05) is 20.2 Å². The molecule has 1 aromatic carbocycles. The molecule has 0 aromatic heterocycles. The smallest absolute Gasteiger partial charge is 0.303 e. The van der Waals surface area contributed by atoms with Gasteiger partial charge in [0.15, 0.2) is 0 Å². The van der Waals surface area contributed by atoms with Crippen molar-refractivity contribution >= 4 is 11.9 Å². The molecule has 1 amide bonds. The van der Waals surface area contributed by atoms with Crippen molar-refractivity contribution in [3.8, 4) is 5.75 Å². The van der Waals surface area contributed by atoms with Gasteiger partial charge in [0.05, 0.1) is 13.5 Å². The summed E-state index contributed by atoms with van der Waals surface area (Å²) >= 11 is 0. The van der Waals surface area contributed by atoms with E-state index in [4.69, 9.17) is 9.84 Å². The van der Waals surface area contributed by atoms with Gasteiger partial charge in [0.1, 0.15) is 5.75 Å². The summed E-state index contributed by atoms with van der Waals surface area (Å²) in [6.07, 6.45) is 3.14. The first-order valence-electron chi connectivity index (χ1n) is 7.71. The number of carbonyl (C=O) groups is 2. The molecule has 1 aliphatic heterocycles. The molecule has 1 heterocycles. The lowest BCUT2D eigenvalue weighted by Crippen LogP contribution is -2.33. The quantitative estimate of drug-likeness (QED) is 0.906. The second-order valence-corrected chi connectivity index (χ2v) is 5.80. The van der Waals surface area contributed by atoms with Crippen LogP contribution in [0.4, 0.5) is 0 Å². The SMILES string of the molecule is COc1ccc(CC(=O)N2CCC[C@@H](CC(=O)O)CC2)cc1. The van der Waals surface area contributed by atoms with Crippen LogP contribution in [0.1, 0.15) is 31.2 Å². The zero-order chi connectivity index (χ0) is 15.9. The summed E-state index contributed by atoms with van der Waals surface area (Å²) in [6, 6.07) is 7.52. The van der Waals surface area contributed by atoms with Crippen LogP contribution in [0.25, 0.3) is 0 Å². The number of carboxylic acid groups (broad SMARTS) is 1. The highest BCUT2D eigenvalue weighted by atomic mass is 16.5. The van der Waals surface area contributed by atoms with Gasteiger partial charge in [0.2, 0.25) is 5.91 Å². The number of likely N-dealkylation sites (tertiary alicyclic amines) is 1. The van der Waals surface area contributed by atoms with E-state index in [1.165, 1.54) is 0 Å². The third-order valence-electron chi connectivity index (χ3n) is 4.18. The number of carbonyl (C=O) groups excluding carboxylic acids is 1. The Bertz CT molecular complexity index is 512. The molecular formula is C17H23NO4. The Morgan fingerprint density at radius 3 is 2.59 bits per heavy atom. The number of rotatable bonds is 5. The fraction of sp³-hybridized carbons (Fsp3) is 0.529. The summed E-state index contributed by atoms with van der Waals surface area (Å²) in [6.45, 7) is 1.39. The first kappa shape index (κ1) is 16.3. The van der Waals surface area contributed by atoms with E-state index in [0.717, 1.165) is 37.1 Å². The number of benzene rings is 1. The first-order valence-corrected chi connectivity index (χ1v) is 7.71.